The van der Waals surface area contributed by atoms with Crippen LogP contribution >= 0.6 is 0 Å². The van der Waals surface area contributed by atoms with Crippen LogP contribution < -0.4 is 21.3 Å². The predicted molar refractivity (Wildman–Crippen MR) is 87.9 cm³/mol. The average Bonchev–Trinajstić information content (AvgIpc) is 2.72. The minimum atomic E-state index is -0.159. The molecular weight excluding hydrogens is 282 g/mol. The molecule has 0 radical (unpaired) electrons. The van der Waals surface area contributed by atoms with Gasteiger partial charge in [0.25, 0.3) is 0 Å². The van der Waals surface area contributed by atoms with E-state index in [2.05, 4.69) is 30.5 Å². The molecule has 0 amide bonds. The number of nitrogens with zero attached hydrogens (tertiary/aromatic N) is 4. The third kappa shape index (κ3) is 4.41. The van der Waals surface area contributed by atoms with Crippen molar-refractivity contribution in [2.24, 2.45) is 5.41 Å². The zero-order chi connectivity index (χ0) is 16.2. The molecule has 0 spiro atoms. The van der Waals surface area contributed by atoms with E-state index >= 15 is 0 Å². The third-order valence-corrected chi connectivity index (χ3v) is 3.80. The monoisotopic (exact) mass is 309 g/mol. The molecule has 0 bridgehead atoms. The van der Waals surface area contributed by atoms with E-state index in [9.17, 15) is 5.11 Å². The Labute approximate surface area is 131 Å². The second-order valence-electron chi connectivity index (χ2n) is 6.65. The number of nitrogens with one attached hydrogen (secondary N) is 2. The Balaban J connectivity index is 2.18. The fourth-order valence-electron chi connectivity index (χ4n) is 2.32. The molecule has 0 unspecified atom stereocenters. The molecule has 5 N–H and O–H groups in total. The van der Waals surface area contributed by atoms with Gasteiger partial charge in [0, 0.05) is 19.6 Å². The van der Waals surface area contributed by atoms with E-state index in [1.54, 1.807) is 0 Å². The van der Waals surface area contributed by atoms with E-state index in [-0.39, 0.29) is 24.0 Å². The van der Waals surface area contributed by atoms with Crippen LogP contribution in [0.3, 0.4) is 0 Å². The minimum absolute atomic E-state index is 0.00193. The second kappa shape index (κ2) is 7.06. The van der Waals surface area contributed by atoms with E-state index in [1.165, 1.54) is 0 Å². The van der Waals surface area contributed by atoms with Crippen molar-refractivity contribution in [3.05, 3.63) is 0 Å². The molecule has 1 atom stereocenters. The molecule has 8 nitrogen and oxygen atoms in total. The summed E-state index contributed by atoms with van der Waals surface area (Å²) in [5.41, 5.74) is 5.70. The lowest BCUT2D eigenvalue weighted by atomic mass is 9.87. The van der Waals surface area contributed by atoms with Gasteiger partial charge in [-0.05, 0) is 18.4 Å². The van der Waals surface area contributed by atoms with Gasteiger partial charge in [-0.1, -0.05) is 20.8 Å². The normalized spacial score (nSPS) is 17.9. The number of rotatable bonds is 4. The number of hydrogen-bond acceptors (Lipinski definition) is 8. The van der Waals surface area contributed by atoms with Gasteiger partial charge in [0.1, 0.15) is 0 Å². The summed E-state index contributed by atoms with van der Waals surface area (Å²) < 4.78 is 0. The van der Waals surface area contributed by atoms with Crippen molar-refractivity contribution in [1.82, 2.24) is 20.3 Å². The fourth-order valence-corrected chi connectivity index (χ4v) is 2.32. The summed E-state index contributed by atoms with van der Waals surface area (Å²) >= 11 is 0. The summed E-state index contributed by atoms with van der Waals surface area (Å²) in [5.74, 6) is 1.19. The Morgan fingerprint density at radius 1 is 1.27 bits per heavy atom. The highest BCUT2D eigenvalue weighted by atomic mass is 16.3. The first-order valence-electron chi connectivity index (χ1n) is 7.75. The lowest BCUT2D eigenvalue weighted by Crippen LogP contribution is -2.38. The second-order valence-corrected chi connectivity index (χ2v) is 6.65. The SMILES string of the molecule is CC(C)(C)[C@@H](CO)Nc1nc(N)nc(N2CCCNCC2)n1. The summed E-state index contributed by atoms with van der Waals surface area (Å²) in [5, 5.41) is 16.1. The van der Waals surface area contributed by atoms with Crippen LogP contribution in [0.2, 0.25) is 0 Å². The maximum atomic E-state index is 9.56. The van der Waals surface area contributed by atoms with Crippen LogP contribution in [-0.2, 0) is 0 Å². The Morgan fingerprint density at radius 2 is 2.05 bits per heavy atom. The first kappa shape index (κ1) is 16.7. The number of hydrogen-bond donors (Lipinski definition) is 4. The summed E-state index contributed by atoms with van der Waals surface area (Å²) in [6, 6.07) is -0.159. The lowest BCUT2D eigenvalue weighted by molar-refractivity contribution is 0.201. The van der Waals surface area contributed by atoms with Gasteiger partial charge >= 0.3 is 0 Å². The molecule has 1 aliphatic rings. The molecule has 0 aromatic carbocycles. The van der Waals surface area contributed by atoms with Gasteiger partial charge in [-0.3, -0.25) is 0 Å². The lowest BCUT2D eigenvalue weighted by Gasteiger charge is -2.30. The van der Waals surface area contributed by atoms with E-state index in [0.717, 1.165) is 32.6 Å². The number of nitrogens with two attached hydrogens (primary N) is 1. The Kier molecular flexibility index (Phi) is 5.36. The standard InChI is InChI=1S/C14H27N7O/c1-14(2,3)10(9-22)17-12-18-11(15)19-13(20-12)21-7-4-5-16-6-8-21/h10,16,22H,4-9H2,1-3H3,(H3,15,17,18,19,20)/t10-/m1/s1. The first-order chi connectivity index (χ1) is 10.4. The molecule has 8 heteroatoms. The van der Waals surface area contributed by atoms with E-state index < -0.39 is 0 Å². The summed E-state index contributed by atoms with van der Waals surface area (Å²) in [6.45, 7) is 9.77. The summed E-state index contributed by atoms with van der Waals surface area (Å²) in [7, 11) is 0. The van der Waals surface area contributed by atoms with Crippen molar-refractivity contribution in [1.29, 1.82) is 0 Å². The molecule has 1 aromatic heterocycles. The molecule has 0 aliphatic carbocycles. The molecule has 22 heavy (non-hydrogen) atoms. The molecule has 124 valence electrons. The number of aliphatic hydroxyl groups is 1. The predicted octanol–water partition coefficient (Wildman–Crippen LogP) is 0.0724. The van der Waals surface area contributed by atoms with Crippen molar-refractivity contribution in [2.75, 3.05) is 48.7 Å². The molecular formula is C14H27N7O. The van der Waals surface area contributed by atoms with Gasteiger partial charge in [0.15, 0.2) is 0 Å². The maximum absolute atomic E-state index is 9.56. The smallest absolute Gasteiger partial charge is 0.231 e. The number of nitrogen functional groups attached to an aromatic ring is 1. The zero-order valence-electron chi connectivity index (χ0n) is 13.6. The van der Waals surface area contributed by atoms with Crippen molar-refractivity contribution in [3.8, 4) is 0 Å². The quantitative estimate of drug-likeness (QED) is 0.618. The van der Waals surface area contributed by atoms with Gasteiger partial charge in [0.05, 0.1) is 12.6 Å². The van der Waals surface area contributed by atoms with Crippen LogP contribution in [0, 0.1) is 5.41 Å². The van der Waals surface area contributed by atoms with E-state index in [1.807, 2.05) is 20.8 Å². The first-order valence-corrected chi connectivity index (χ1v) is 7.75. The number of anilines is 3. The minimum Gasteiger partial charge on any atom is -0.394 e. The number of aliphatic hydroxyl groups excluding tert-OH is 1. The summed E-state index contributed by atoms with van der Waals surface area (Å²) in [4.78, 5) is 15.0. The van der Waals surface area contributed by atoms with Crippen molar-refractivity contribution in [2.45, 2.75) is 33.2 Å². The van der Waals surface area contributed by atoms with Gasteiger partial charge in [-0.15, -0.1) is 0 Å². The molecule has 1 saturated heterocycles. The van der Waals surface area contributed by atoms with Gasteiger partial charge in [-0.2, -0.15) is 15.0 Å². The highest BCUT2D eigenvalue weighted by Crippen LogP contribution is 2.22. The maximum Gasteiger partial charge on any atom is 0.231 e. The van der Waals surface area contributed by atoms with Crippen molar-refractivity contribution in [3.63, 3.8) is 0 Å². The topological polar surface area (TPSA) is 112 Å². The van der Waals surface area contributed by atoms with Gasteiger partial charge < -0.3 is 26.4 Å². The largest absolute Gasteiger partial charge is 0.394 e. The van der Waals surface area contributed by atoms with Gasteiger partial charge in [0.2, 0.25) is 17.8 Å². The highest BCUT2D eigenvalue weighted by molar-refractivity contribution is 5.42. The Bertz CT molecular complexity index is 481. The fraction of sp³-hybridized carbons (Fsp3) is 0.786. The number of aromatic nitrogens is 3. The van der Waals surface area contributed by atoms with E-state index in [4.69, 9.17) is 5.73 Å². The Morgan fingerprint density at radius 3 is 2.73 bits per heavy atom. The van der Waals surface area contributed by atoms with Crippen molar-refractivity contribution >= 4 is 17.8 Å². The van der Waals surface area contributed by atoms with Crippen LogP contribution in [-0.4, -0.2) is 58.9 Å². The third-order valence-electron chi connectivity index (χ3n) is 3.80. The highest BCUT2D eigenvalue weighted by Gasteiger charge is 2.25. The molecule has 0 saturated carbocycles. The van der Waals surface area contributed by atoms with E-state index in [0.29, 0.717) is 11.9 Å². The molecule has 2 rings (SSSR count). The summed E-state index contributed by atoms with van der Waals surface area (Å²) in [6.07, 6.45) is 1.04. The molecule has 2 heterocycles. The molecule has 1 aromatic rings. The molecule has 1 aliphatic heterocycles. The molecule has 1 fully saturated rings. The van der Waals surface area contributed by atoms with Crippen LogP contribution in [0.4, 0.5) is 17.8 Å². The van der Waals surface area contributed by atoms with Crippen LogP contribution in [0.15, 0.2) is 0 Å². The zero-order valence-corrected chi connectivity index (χ0v) is 13.6. The Hall–Kier alpha value is -1.67. The van der Waals surface area contributed by atoms with Gasteiger partial charge in [-0.25, -0.2) is 0 Å². The van der Waals surface area contributed by atoms with Crippen LogP contribution in [0.1, 0.15) is 27.2 Å². The van der Waals surface area contributed by atoms with Crippen molar-refractivity contribution < 1.29 is 5.11 Å². The van der Waals surface area contributed by atoms with Crippen LogP contribution in [0.25, 0.3) is 0 Å². The van der Waals surface area contributed by atoms with Crippen LogP contribution in [0.5, 0.6) is 0 Å². The average molecular weight is 309 g/mol.